The van der Waals surface area contributed by atoms with Gasteiger partial charge in [-0.05, 0) is 43.3 Å². The standard InChI is InChI=1S/C22H17BrN2O4S/c1-2-28-22(27)19-20(26)18(30-21(19)25-16-6-4-3-5-7-16)13-14-12-15(23)8-9-17(14)29-11-10-24/h3-9,12-13,26H,2,11H2,1H3/b18-13-,25-21?. The second kappa shape index (κ2) is 10.1. The van der Waals surface area contributed by atoms with Gasteiger partial charge in [0.05, 0.1) is 17.2 Å². The minimum absolute atomic E-state index is 0.0199. The van der Waals surface area contributed by atoms with Gasteiger partial charge in [0.2, 0.25) is 0 Å². The number of aliphatic hydroxyl groups is 1. The van der Waals surface area contributed by atoms with E-state index in [9.17, 15) is 9.90 Å². The van der Waals surface area contributed by atoms with E-state index in [4.69, 9.17) is 14.7 Å². The zero-order valence-electron chi connectivity index (χ0n) is 16.0. The average molecular weight is 485 g/mol. The van der Waals surface area contributed by atoms with Crippen LogP contribution < -0.4 is 4.74 Å². The molecule has 30 heavy (non-hydrogen) atoms. The van der Waals surface area contributed by atoms with E-state index in [0.717, 1.165) is 16.2 Å². The summed E-state index contributed by atoms with van der Waals surface area (Å²) in [5.74, 6) is -0.373. The monoisotopic (exact) mass is 484 g/mol. The summed E-state index contributed by atoms with van der Waals surface area (Å²) in [5, 5.41) is 19.9. The number of esters is 1. The van der Waals surface area contributed by atoms with Crippen LogP contribution in [0.3, 0.4) is 0 Å². The van der Waals surface area contributed by atoms with E-state index in [1.54, 1.807) is 43.3 Å². The minimum atomic E-state index is -0.643. The van der Waals surface area contributed by atoms with Crippen LogP contribution in [-0.2, 0) is 9.53 Å². The quantitative estimate of drug-likeness (QED) is 0.540. The Balaban J connectivity index is 2.06. The first kappa shape index (κ1) is 21.7. The summed E-state index contributed by atoms with van der Waals surface area (Å²) in [6, 6.07) is 16.4. The van der Waals surface area contributed by atoms with Crippen molar-refractivity contribution in [3.8, 4) is 11.8 Å². The first-order valence-electron chi connectivity index (χ1n) is 8.97. The maximum atomic E-state index is 12.5. The summed E-state index contributed by atoms with van der Waals surface area (Å²) < 4.78 is 11.4. The average Bonchev–Trinajstić information content (AvgIpc) is 3.03. The van der Waals surface area contributed by atoms with Crippen molar-refractivity contribution in [2.45, 2.75) is 6.92 Å². The topological polar surface area (TPSA) is 91.9 Å². The maximum absolute atomic E-state index is 12.5. The third-order valence-corrected chi connectivity index (χ3v) is 5.42. The third kappa shape index (κ3) is 5.12. The zero-order valence-corrected chi connectivity index (χ0v) is 18.4. The molecular weight excluding hydrogens is 468 g/mol. The van der Waals surface area contributed by atoms with Crippen molar-refractivity contribution >= 4 is 50.5 Å². The summed E-state index contributed by atoms with van der Waals surface area (Å²) in [6.07, 6.45) is 1.68. The van der Waals surface area contributed by atoms with E-state index < -0.39 is 5.97 Å². The molecule has 0 spiro atoms. The number of hydrogen-bond donors (Lipinski definition) is 1. The fraction of sp³-hybridized carbons (Fsp3) is 0.136. The number of nitrogens with zero attached hydrogens (tertiary/aromatic N) is 2. The summed E-state index contributed by atoms with van der Waals surface area (Å²) >= 11 is 4.57. The number of benzene rings is 2. The highest BCUT2D eigenvalue weighted by Crippen LogP contribution is 2.41. The van der Waals surface area contributed by atoms with Gasteiger partial charge in [0.15, 0.2) is 6.61 Å². The number of hydrogen-bond acceptors (Lipinski definition) is 7. The van der Waals surface area contributed by atoms with E-state index in [1.165, 1.54) is 0 Å². The molecule has 2 aromatic carbocycles. The number of nitriles is 1. The van der Waals surface area contributed by atoms with Crippen molar-refractivity contribution in [3.63, 3.8) is 0 Å². The Hall–Kier alpha value is -3.02. The molecule has 1 N–H and O–H groups in total. The lowest BCUT2D eigenvalue weighted by molar-refractivity contribution is -0.138. The lowest BCUT2D eigenvalue weighted by Crippen LogP contribution is -2.12. The number of para-hydroxylation sites is 1. The summed E-state index contributed by atoms with van der Waals surface area (Å²) in [4.78, 5) is 17.4. The molecule has 0 aliphatic carbocycles. The number of aliphatic imine (C=N–C) groups is 1. The third-order valence-electron chi connectivity index (χ3n) is 3.91. The van der Waals surface area contributed by atoms with Gasteiger partial charge >= 0.3 is 5.97 Å². The van der Waals surface area contributed by atoms with Gasteiger partial charge in [-0.15, -0.1) is 0 Å². The summed E-state index contributed by atoms with van der Waals surface area (Å²) in [6.45, 7) is 1.76. The zero-order chi connectivity index (χ0) is 21.5. The highest BCUT2D eigenvalue weighted by molar-refractivity contribution is 9.10. The van der Waals surface area contributed by atoms with Gasteiger partial charge in [0, 0.05) is 10.0 Å². The number of rotatable bonds is 6. The van der Waals surface area contributed by atoms with Crippen LogP contribution in [0.2, 0.25) is 0 Å². The van der Waals surface area contributed by atoms with Gasteiger partial charge in [-0.2, -0.15) is 5.26 Å². The van der Waals surface area contributed by atoms with Crippen LogP contribution in [0.25, 0.3) is 6.08 Å². The fourth-order valence-corrected chi connectivity index (χ4v) is 4.03. The number of thioether (sulfide) groups is 1. The number of aliphatic hydroxyl groups excluding tert-OH is 1. The highest BCUT2D eigenvalue weighted by atomic mass is 79.9. The predicted octanol–water partition coefficient (Wildman–Crippen LogP) is 5.54. The molecule has 0 fully saturated rings. The fourth-order valence-electron chi connectivity index (χ4n) is 2.63. The van der Waals surface area contributed by atoms with Crippen LogP contribution in [0.5, 0.6) is 5.75 Å². The molecule has 8 heteroatoms. The number of carbonyl (C=O) groups is 1. The summed E-state index contributed by atoms with van der Waals surface area (Å²) in [5.41, 5.74) is 1.31. The molecule has 0 unspecified atom stereocenters. The molecule has 0 amide bonds. The second-order valence-corrected chi connectivity index (χ2v) is 7.88. The molecule has 0 radical (unpaired) electrons. The van der Waals surface area contributed by atoms with Gasteiger partial charge in [-0.1, -0.05) is 45.9 Å². The lowest BCUT2D eigenvalue weighted by Gasteiger charge is -2.07. The molecule has 1 aliphatic rings. The van der Waals surface area contributed by atoms with Crippen molar-refractivity contribution in [1.29, 1.82) is 5.26 Å². The molecular formula is C22H17BrN2O4S. The molecule has 2 aromatic rings. The first-order chi connectivity index (χ1) is 14.5. The molecule has 0 bridgehead atoms. The highest BCUT2D eigenvalue weighted by Gasteiger charge is 2.33. The van der Waals surface area contributed by atoms with E-state index in [0.29, 0.717) is 26.9 Å². The Morgan fingerprint density at radius 2 is 2.07 bits per heavy atom. The van der Waals surface area contributed by atoms with E-state index in [1.807, 2.05) is 24.3 Å². The molecule has 0 aromatic heterocycles. The van der Waals surface area contributed by atoms with Crippen molar-refractivity contribution in [1.82, 2.24) is 0 Å². The van der Waals surface area contributed by atoms with Crippen LogP contribution in [0, 0.1) is 11.3 Å². The summed E-state index contributed by atoms with van der Waals surface area (Å²) in [7, 11) is 0. The Kier molecular flexibility index (Phi) is 7.33. The Labute approximate surface area is 186 Å². The van der Waals surface area contributed by atoms with Crippen molar-refractivity contribution < 1.29 is 19.4 Å². The van der Waals surface area contributed by atoms with Crippen LogP contribution in [0.4, 0.5) is 5.69 Å². The number of halogens is 1. The normalized spacial score (nSPS) is 16.0. The number of ether oxygens (including phenoxy) is 2. The van der Waals surface area contributed by atoms with Crippen molar-refractivity contribution in [2.24, 2.45) is 4.99 Å². The van der Waals surface area contributed by atoms with Crippen LogP contribution in [0.15, 0.2) is 74.2 Å². The van der Waals surface area contributed by atoms with Gasteiger partial charge in [0.1, 0.15) is 28.2 Å². The predicted molar refractivity (Wildman–Crippen MR) is 121 cm³/mol. The van der Waals surface area contributed by atoms with Gasteiger partial charge in [-0.25, -0.2) is 9.79 Å². The Morgan fingerprint density at radius 3 is 2.77 bits per heavy atom. The van der Waals surface area contributed by atoms with E-state index >= 15 is 0 Å². The Bertz CT molecular complexity index is 1090. The van der Waals surface area contributed by atoms with Crippen LogP contribution in [0.1, 0.15) is 12.5 Å². The molecule has 1 heterocycles. The maximum Gasteiger partial charge on any atom is 0.344 e. The Morgan fingerprint density at radius 1 is 1.30 bits per heavy atom. The molecule has 152 valence electrons. The molecule has 0 saturated carbocycles. The molecule has 1 aliphatic heterocycles. The molecule has 0 saturated heterocycles. The van der Waals surface area contributed by atoms with Gasteiger partial charge < -0.3 is 14.6 Å². The minimum Gasteiger partial charge on any atom is -0.506 e. The molecule has 6 nitrogen and oxygen atoms in total. The smallest absolute Gasteiger partial charge is 0.344 e. The van der Waals surface area contributed by atoms with E-state index in [-0.39, 0.29) is 24.5 Å². The van der Waals surface area contributed by atoms with Crippen LogP contribution in [-0.4, -0.2) is 29.3 Å². The molecule has 0 atom stereocenters. The van der Waals surface area contributed by atoms with Crippen molar-refractivity contribution in [3.05, 3.63) is 74.8 Å². The lowest BCUT2D eigenvalue weighted by atomic mass is 10.1. The number of carbonyl (C=O) groups excluding carboxylic acids is 1. The molecule has 3 rings (SSSR count). The van der Waals surface area contributed by atoms with Gasteiger partial charge in [0.25, 0.3) is 0 Å². The first-order valence-corrected chi connectivity index (χ1v) is 10.6. The van der Waals surface area contributed by atoms with Gasteiger partial charge in [-0.3, -0.25) is 0 Å². The second-order valence-electron chi connectivity index (χ2n) is 5.94. The van der Waals surface area contributed by atoms with E-state index in [2.05, 4.69) is 20.9 Å². The van der Waals surface area contributed by atoms with Crippen LogP contribution >= 0.6 is 27.7 Å². The SMILES string of the molecule is CCOC(=O)C1=C(O)/C(=C/c2cc(Br)ccc2OCC#N)SC1=Nc1ccccc1. The van der Waals surface area contributed by atoms with Crippen molar-refractivity contribution in [2.75, 3.05) is 13.2 Å². The largest absolute Gasteiger partial charge is 0.506 e.